The molecule has 7 heteroatoms. The molecule has 6 rings (SSSR count). The Bertz CT molecular complexity index is 1620. The maximum atomic E-state index is 13.4. The first kappa shape index (κ1) is 21.4. The normalized spacial score (nSPS) is 17.9. The maximum absolute atomic E-state index is 13.4. The van der Waals surface area contributed by atoms with Crippen LogP contribution in [0.25, 0.3) is 33.0 Å². The zero-order valence-electron chi connectivity index (χ0n) is 19.9. The van der Waals surface area contributed by atoms with Gasteiger partial charge in [-0.2, -0.15) is 0 Å². The number of aryl methyl sites for hydroxylation is 3. The molecule has 0 aliphatic carbocycles. The highest BCUT2D eigenvalue weighted by Gasteiger charge is 2.38. The molecule has 0 spiro atoms. The van der Waals surface area contributed by atoms with Gasteiger partial charge in [-0.3, -0.25) is 19.7 Å². The number of para-hydroxylation sites is 1. The number of hydrogen-bond acceptors (Lipinski definition) is 3. The van der Waals surface area contributed by atoms with Crippen LogP contribution in [0.5, 0.6) is 0 Å². The van der Waals surface area contributed by atoms with Gasteiger partial charge in [-0.15, -0.1) is 0 Å². The third-order valence-corrected chi connectivity index (χ3v) is 7.30. The van der Waals surface area contributed by atoms with Gasteiger partial charge in [0.2, 0.25) is 5.91 Å². The number of carbonyl (C=O) groups excluding carboxylic acids is 3. The Hall–Kier alpha value is -4.13. The monoisotopic (exact) mass is 466 g/mol. The molecule has 1 unspecified atom stereocenters. The molecule has 35 heavy (non-hydrogen) atoms. The van der Waals surface area contributed by atoms with E-state index >= 15 is 0 Å². The van der Waals surface area contributed by atoms with Crippen molar-refractivity contribution < 1.29 is 14.4 Å². The van der Waals surface area contributed by atoms with Crippen molar-refractivity contribution in [1.29, 1.82) is 0 Å². The molecule has 7 nitrogen and oxygen atoms in total. The molecule has 0 fully saturated rings. The Morgan fingerprint density at radius 3 is 2.57 bits per heavy atom. The molecular weight excluding hydrogens is 440 g/mol. The van der Waals surface area contributed by atoms with E-state index in [4.69, 9.17) is 0 Å². The third-order valence-electron chi connectivity index (χ3n) is 7.30. The number of carbonyl (C=O) groups is 3. The van der Waals surface area contributed by atoms with E-state index in [1.807, 2.05) is 61.1 Å². The smallest absolute Gasteiger partial charge is 0.259 e. The van der Waals surface area contributed by atoms with Crippen LogP contribution < -0.4 is 10.6 Å². The van der Waals surface area contributed by atoms with Crippen molar-refractivity contribution in [3.63, 3.8) is 0 Å². The number of aromatic nitrogens is 2. The molecule has 4 heterocycles. The van der Waals surface area contributed by atoms with Gasteiger partial charge in [0.25, 0.3) is 11.8 Å². The molecule has 2 N–H and O–H groups in total. The van der Waals surface area contributed by atoms with Gasteiger partial charge in [-0.05, 0) is 31.0 Å². The summed E-state index contributed by atoms with van der Waals surface area (Å²) >= 11 is 0. The van der Waals surface area contributed by atoms with E-state index in [1.54, 1.807) is 0 Å². The van der Waals surface area contributed by atoms with Crippen molar-refractivity contribution in [3.8, 4) is 0 Å². The summed E-state index contributed by atoms with van der Waals surface area (Å²) in [4.78, 5) is 38.5. The topological polar surface area (TPSA) is 85.1 Å². The third kappa shape index (κ3) is 3.15. The molecule has 176 valence electrons. The molecule has 2 aromatic carbocycles. The number of fused-ring (bicyclic) bond motifs is 4. The number of benzene rings is 2. The van der Waals surface area contributed by atoms with Gasteiger partial charge in [-0.1, -0.05) is 30.3 Å². The quantitative estimate of drug-likeness (QED) is 0.454. The molecule has 2 aromatic heterocycles. The van der Waals surface area contributed by atoms with Crippen molar-refractivity contribution in [2.24, 2.45) is 7.05 Å². The van der Waals surface area contributed by atoms with Crippen LogP contribution in [0.4, 0.5) is 0 Å². The predicted octanol–water partition coefficient (Wildman–Crippen LogP) is 3.46. The molecule has 4 aromatic rings. The number of nitrogens with zero attached hydrogens (tertiary/aromatic N) is 2. The lowest BCUT2D eigenvalue weighted by molar-refractivity contribution is -0.123. The molecular formula is C28H26N4O3. The molecule has 1 atom stereocenters. The fourth-order valence-electron chi connectivity index (χ4n) is 5.89. The van der Waals surface area contributed by atoms with Gasteiger partial charge < -0.3 is 14.5 Å². The summed E-state index contributed by atoms with van der Waals surface area (Å²) in [5, 5.41) is 7.54. The summed E-state index contributed by atoms with van der Waals surface area (Å²) in [6.45, 7) is 4.29. The van der Waals surface area contributed by atoms with Crippen molar-refractivity contribution in [3.05, 3.63) is 71.0 Å². The summed E-state index contributed by atoms with van der Waals surface area (Å²) < 4.78 is 4.23. The number of imide groups is 1. The van der Waals surface area contributed by atoms with Crippen molar-refractivity contribution in [2.45, 2.75) is 39.3 Å². The Morgan fingerprint density at radius 2 is 1.77 bits per heavy atom. The highest BCUT2D eigenvalue weighted by atomic mass is 16.2. The van der Waals surface area contributed by atoms with E-state index in [0.29, 0.717) is 17.6 Å². The van der Waals surface area contributed by atoms with Crippen molar-refractivity contribution in [2.75, 3.05) is 0 Å². The predicted molar refractivity (Wildman–Crippen MR) is 135 cm³/mol. The van der Waals surface area contributed by atoms with Gasteiger partial charge in [0.15, 0.2) is 0 Å². The van der Waals surface area contributed by atoms with Gasteiger partial charge in [-0.25, -0.2) is 0 Å². The number of nitrogens with one attached hydrogen (secondary N) is 2. The Morgan fingerprint density at radius 1 is 1.03 bits per heavy atom. The largest absolute Gasteiger partial charge is 0.353 e. The van der Waals surface area contributed by atoms with E-state index < -0.39 is 0 Å². The van der Waals surface area contributed by atoms with Crippen LogP contribution in [-0.4, -0.2) is 32.9 Å². The SMILES string of the molecule is CC(=O)NC1CCn2c(c(C3=C(c4cn(C)c5ccccc45)C(=O)NC3=O)c3c(C)cccc32)C1. The second-order valence-corrected chi connectivity index (χ2v) is 9.54. The van der Waals surface area contributed by atoms with Crippen LogP contribution in [0.2, 0.25) is 0 Å². The summed E-state index contributed by atoms with van der Waals surface area (Å²) in [6, 6.07) is 14.0. The first-order valence-electron chi connectivity index (χ1n) is 11.9. The molecule has 0 saturated heterocycles. The van der Waals surface area contributed by atoms with Crippen LogP contribution >= 0.6 is 0 Å². The van der Waals surface area contributed by atoms with E-state index in [9.17, 15) is 14.4 Å². The maximum Gasteiger partial charge on any atom is 0.259 e. The van der Waals surface area contributed by atoms with Gasteiger partial charge >= 0.3 is 0 Å². The standard InChI is InChI=1S/C28H26N4O3/c1-15-7-6-10-21-23(15)25(22-13-17(29-16(2)33)11-12-32(21)22)26-24(27(34)30-28(26)35)19-14-31(3)20-9-5-4-8-18(19)20/h4-10,14,17H,11-13H2,1-3H3,(H,29,33)(H,30,34,35). The number of rotatable bonds is 3. The van der Waals surface area contributed by atoms with E-state index in [-0.39, 0.29) is 23.8 Å². The first-order chi connectivity index (χ1) is 16.8. The average molecular weight is 467 g/mol. The lowest BCUT2D eigenvalue weighted by Crippen LogP contribution is -2.39. The highest BCUT2D eigenvalue weighted by Crippen LogP contribution is 2.43. The Balaban J connectivity index is 1.69. The van der Waals surface area contributed by atoms with Crippen LogP contribution in [0.1, 0.15) is 35.7 Å². The Labute approximate surface area is 202 Å². The van der Waals surface area contributed by atoms with Crippen LogP contribution in [-0.2, 0) is 34.4 Å². The second-order valence-electron chi connectivity index (χ2n) is 9.54. The minimum atomic E-state index is -0.378. The van der Waals surface area contributed by atoms with E-state index in [0.717, 1.165) is 57.2 Å². The second kappa shape index (κ2) is 7.70. The van der Waals surface area contributed by atoms with Gasteiger partial charge in [0, 0.05) is 77.8 Å². The van der Waals surface area contributed by atoms with E-state index in [1.165, 1.54) is 6.92 Å². The number of hydrogen-bond donors (Lipinski definition) is 2. The fourth-order valence-corrected chi connectivity index (χ4v) is 5.89. The van der Waals surface area contributed by atoms with Crippen LogP contribution in [0.3, 0.4) is 0 Å². The van der Waals surface area contributed by atoms with Crippen LogP contribution in [0, 0.1) is 6.92 Å². The molecule has 2 aliphatic heterocycles. The Kier molecular flexibility index (Phi) is 4.71. The molecule has 0 radical (unpaired) electrons. The lowest BCUT2D eigenvalue weighted by atomic mass is 9.90. The summed E-state index contributed by atoms with van der Waals surface area (Å²) in [7, 11) is 1.94. The molecule has 3 amide bonds. The zero-order valence-corrected chi connectivity index (χ0v) is 19.9. The van der Waals surface area contributed by atoms with Gasteiger partial charge in [0.05, 0.1) is 11.1 Å². The fraction of sp³-hybridized carbons (Fsp3) is 0.250. The number of amides is 3. The highest BCUT2D eigenvalue weighted by molar-refractivity contribution is 6.51. The van der Waals surface area contributed by atoms with Crippen molar-refractivity contribution >= 4 is 50.7 Å². The summed E-state index contributed by atoms with van der Waals surface area (Å²) in [5.74, 6) is -0.822. The lowest BCUT2D eigenvalue weighted by Gasteiger charge is -2.26. The molecule has 0 bridgehead atoms. The van der Waals surface area contributed by atoms with Gasteiger partial charge in [0.1, 0.15) is 0 Å². The average Bonchev–Trinajstić information content (AvgIpc) is 3.42. The summed E-state index contributed by atoms with van der Waals surface area (Å²) in [5.41, 5.74) is 6.45. The zero-order chi connectivity index (χ0) is 24.4. The minimum absolute atomic E-state index is 0.0230. The molecule has 0 saturated carbocycles. The van der Waals surface area contributed by atoms with E-state index in [2.05, 4.69) is 21.3 Å². The van der Waals surface area contributed by atoms with Crippen molar-refractivity contribution in [1.82, 2.24) is 19.8 Å². The molecule has 2 aliphatic rings. The van der Waals surface area contributed by atoms with Crippen LogP contribution in [0.15, 0.2) is 48.7 Å². The summed E-state index contributed by atoms with van der Waals surface area (Å²) in [6.07, 6.45) is 3.33. The first-order valence-corrected chi connectivity index (χ1v) is 11.9. The minimum Gasteiger partial charge on any atom is -0.353 e.